The predicted octanol–water partition coefficient (Wildman–Crippen LogP) is 3.99. The Morgan fingerprint density at radius 3 is 2.52 bits per heavy atom. The summed E-state index contributed by atoms with van der Waals surface area (Å²) < 4.78 is 6.51. The molecule has 2 aromatic carbocycles. The number of hydrogen-bond donors (Lipinski definition) is 1. The third-order valence-corrected chi connectivity index (χ3v) is 4.81. The lowest BCUT2D eigenvalue weighted by atomic mass is 10.1. The van der Waals surface area contributed by atoms with E-state index < -0.39 is 0 Å². The van der Waals surface area contributed by atoms with Gasteiger partial charge in [-0.1, -0.05) is 60.2 Å². The van der Waals surface area contributed by atoms with Crippen molar-refractivity contribution < 1.29 is 14.3 Å². The molecular weight excluding hydrogens is 390 g/mol. The van der Waals surface area contributed by atoms with Crippen molar-refractivity contribution in [1.82, 2.24) is 15.1 Å². The first-order valence-corrected chi connectivity index (χ1v) is 10.2. The van der Waals surface area contributed by atoms with Crippen LogP contribution in [-0.2, 0) is 20.9 Å². The summed E-state index contributed by atoms with van der Waals surface area (Å²) in [6.45, 7) is 4.44. The number of esters is 1. The Labute approximate surface area is 182 Å². The molecule has 1 amide bonds. The lowest BCUT2D eigenvalue weighted by Crippen LogP contribution is -2.33. The largest absolute Gasteiger partial charge is 0.469 e. The molecule has 0 radical (unpaired) electrons. The van der Waals surface area contributed by atoms with Crippen molar-refractivity contribution in [2.45, 2.75) is 32.9 Å². The van der Waals surface area contributed by atoms with Gasteiger partial charge in [0.05, 0.1) is 25.8 Å². The van der Waals surface area contributed by atoms with E-state index in [9.17, 15) is 9.59 Å². The van der Waals surface area contributed by atoms with Crippen LogP contribution in [0.1, 0.15) is 30.0 Å². The number of carbonyl (C=O) groups is 2. The second-order valence-corrected chi connectivity index (χ2v) is 7.51. The highest BCUT2D eigenvalue weighted by Gasteiger charge is 2.12. The summed E-state index contributed by atoms with van der Waals surface area (Å²) >= 11 is 0. The first-order valence-electron chi connectivity index (χ1n) is 10.2. The zero-order valence-electron chi connectivity index (χ0n) is 18.0. The number of ether oxygens (including phenoxy) is 1. The Hall–Kier alpha value is -3.67. The SMILES string of the molecule is COC(=O)CC(C)NC(=O)/C=C/c1cn(Cc2ccccc2)nc1-c1ccc(C)cc1. The fraction of sp³-hybridized carbons (Fsp3) is 0.240. The number of benzene rings is 2. The number of aryl methyl sites for hydroxylation is 1. The Balaban J connectivity index is 1.81. The van der Waals surface area contributed by atoms with Crippen LogP contribution in [0.25, 0.3) is 17.3 Å². The van der Waals surface area contributed by atoms with Crippen molar-refractivity contribution in [3.63, 3.8) is 0 Å². The number of hydrogen-bond acceptors (Lipinski definition) is 4. The fourth-order valence-electron chi connectivity index (χ4n) is 3.19. The molecule has 3 rings (SSSR count). The topological polar surface area (TPSA) is 73.2 Å². The summed E-state index contributed by atoms with van der Waals surface area (Å²) in [5.41, 5.74) is 4.95. The monoisotopic (exact) mass is 417 g/mol. The van der Waals surface area contributed by atoms with Crippen LogP contribution in [0, 0.1) is 6.92 Å². The third kappa shape index (κ3) is 6.40. The van der Waals surface area contributed by atoms with Crippen LogP contribution in [0.3, 0.4) is 0 Å². The molecule has 6 nitrogen and oxygen atoms in total. The van der Waals surface area contributed by atoms with E-state index in [2.05, 4.69) is 22.2 Å². The van der Waals surface area contributed by atoms with E-state index in [1.54, 1.807) is 13.0 Å². The second-order valence-electron chi connectivity index (χ2n) is 7.51. The number of methoxy groups -OCH3 is 1. The van der Waals surface area contributed by atoms with Gasteiger partial charge < -0.3 is 10.1 Å². The number of rotatable bonds is 8. The minimum Gasteiger partial charge on any atom is -0.469 e. The molecule has 0 aliphatic rings. The highest BCUT2D eigenvalue weighted by molar-refractivity contribution is 5.93. The molecule has 160 valence electrons. The maximum Gasteiger partial charge on any atom is 0.307 e. The molecule has 1 atom stereocenters. The average molecular weight is 418 g/mol. The minimum absolute atomic E-state index is 0.125. The van der Waals surface area contributed by atoms with Crippen LogP contribution >= 0.6 is 0 Å². The minimum atomic E-state index is -0.361. The van der Waals surface area contributed by atoms with Gasteiger partial charge >= 0.3 is 5.97 Å². The van der Waals surface area contributed by atoms with Gasteiger partial charge in [0.25, 0.3) is 0 Å². The summed E-state index contributed by atoms with van der Waals surface area (Å²) in [5, 5.41) is 7.54. The van der Waals surface area contributed by atoms with E-state index in [4.69, 9.17) is 5.10 Å². The number of aromatic nitrogens is 2. The van der Waals surface area contributed by atoms with Gasteiger partial charge in [0.15, 0.2) is 0 Å². The molecule has 0 bridgehead atoms. The van der Waals surface area contributed by atoms with Crippen molar-refractivity contribution in [1.29, 1.82) is 0 Å². The molecule has 0 fully saturated rings. The molecule has 1 heterocycles. The van der Waals surface area contributed by atoms with E-state index in [1.807, 2.05) is 60.3 Å². The molecule has 1 aromatic heterocycles. The van der Waals surface area contributed by atoms with Gasteiger partial charge in [-0.05, 0) is 25.5 Å². The molecule has 3 aromatic rings. The van der Waals surface area contributed by atoms with Crippen LogP contribution in [0.15, 0.2) is 66.9 Å². The average Bonchev–Trinajstić information content (AvgIpc) is 3.15. The van der Waals surface area contributed by atoms with Gasteiger partial charge in [-0.2, -0.15) is 5.10 Å². The predicted molar refractivity (Wildman–Crippen MR) is 121 cm³/mol. The smallest absolute Gasteiger partial charge is 0.307 e. The second kappa shape index (κ2) is 10.4. The highest BCUT2D eigenvalue weighted by atomic mass is 16.5. The maximum atomic E-state index is 12.3. The van der Waals surface area contributed by atoms with Crippen molar-refractivity contribution in [3.8, 4) is 11.3 Å². The number of nitrogens with one attached hydrogen (secondary N) is 1. The van der Waals surface area contributed by atoms with Crippen molar-refractivity contribution in [3.05, 3.63) is 83.6 Å². The van der Waals surface area contributed by atoms with E-state index in [1.165, 1.54) is 18.7 Å². The Bertz CT molecular complexity index is 1050. The fourth-order valence-corrected chi connectivity index (χ4v) is 3.19. The summed E-state index contributed by atoms with van der Waals surface area (Å²) in [7, 11) is 1.33. The molecular formula is C25H27N3O3. The van der Waals surface area contributed by atoms with Crippen LogP contribution in [-0.4, -0.2) is 34.8 Å². The summed E-state index contributed by atoms with van der Waals surface area (Å²) in [6.07, 6.45) is 5.28. The molecule has 0 aliphatic carbocycles. The molecule has 31 heavy (non-hydrogen) atoms. The van der Waals surface area contributed by atoms with Crippen LogP contribution in [0.2, 0.25) is 0 Å². The number of carbonyl (C=O) groups excluding carboxylic acids is 2. The Kier molecular flexibility index (Phi) is 7.38. The molecule has 1 N–H and O–H groups in total. The van der Waals surface area contributed by atoms with E-state index in [0.717, 1.165) is 22.4 Å². The lowest BCUT2D eigenvalue weighted by molar-refractivity contribution is -0.141. The van der Waals surface area contributed by atoms with Gasteiger partial charge in [0, 0.05) is 29.4 Å². The van der Waals surface area contributed by atoms with Crippen LogP contribution < -0.4 is 5.32 Å². The van der Waals surface area contributed by atoms with Crippen LogP contribution in [0.4, 0.5) is 0 Å². The van der Waals surface area contributed by atoms with Gasteiger partial charge in [-0.3, -0.25) is 14.3 Å². The van der Waals surface area contributed by atoms with E-state index in [0.29, 0.717) is 6.54 Å². The first-order chi connectivity index (χ1) is 14.9. The molecule has 0 aliphatic heterocycles. The molecule has 6 heteroatoms. The van der Waals surface area contributed by atoms with Gasteiger partial charge in [0.2, 0.25) is 5.91 Å². The molecule has 0 saturated carbocycles. The summed E-state index contributed by atoms with van der Waals surface area (Å²) in [4.78, 5) is 23.7. The molecule has 1 unspecified atom stereocenters. The van der Waals surface area contributed by atoms with Crippen LogP contribution in [0.5, 0.6) is 0 Å². The Morgan fingerprint density at radius 1 is 1.13 bits per heavy atom. The van der Waals surface area contributed by atoms with Crippen molar-refractivity contribution in [2.75, 3.05) is 7.11 Å². The van der Waals surface area contributed by atoms with Crippen molar-refractivity contribution >= 4 is 18.0 Å². The summed E-state index contributed by atoms with van der Waals surface area (Å²) in [6, 6.07) is 17.9. The van der Waals surface area contributed by atoms with E-state index in [-0.39, 0.29) is 24.3 Å². The highest BCUT2D eigenvalue weighted by Crippen LogP contribution is 2.24. The first kappa shape index (κ1) is 22.0. The quantitative estimate of drug-likeness (QED) is 0.444. The molecule has 0 spiro atoms. The lowest BCUT2D eigenvalue weighted by Gasteiger charge is -2.10. The standard InChI is InChI=1S/C25H27N3O3/c1-18-9-11-21(12-10-18)25-22(13-14-23(29)26-19(2)15-24(30)31-3)17-28(27-25)16-20-7-5-4-6-8-20/h4-14,17,19H,15-16H2,1-3H3,(H,26,29)/b14-13+. The maximum absolute atomic E-state index is 12.3. The Morgan fingerprint density at radius 2 is 1.84 bits per heavy atom. The zero-order chi connectivity index (χ0) is 22.2. The number of amides is 1. The zero-order valence-corrected chi connectivity index (χ0v) is 18.0. The van der Waals surface area contributed by atoms with Crippen molar-refractivity contribution in [2.24, 2.45) is 0 Å². The summed E-state index contributed by atoms with van der Waals surface area (Å²) in [5.74, 6) is -0.636. The van der Waals surface area contributed by atoms with Gasteiger partial charge in [-0.15, -0.1) is 0 Å². The number of nitrogens with zero attached hydrogens (tertiary/aromatic N) is 2. The normalized spacial score (nSPS) is 12.0. The van der Waals surface area contributed by atoms with Gasteiger partial charge in [0.1, 0.15) is 0 Å². The third-order valence-electron chi connectivity index (χ3n) is 4.81. The van der Waals surface area contributed by atoms with Gasteiger partial charge in [-0.25, -0.2) is 0 Å². The van der Waals surface area contributed by atoms with E-state index >= 15 is 0 Å². The molecule has 0 saturated heterocycles.